The van der Waals surface area contributed by atoms with Crippen molar-refractivity contribution in [2.45, 2.75) is 37.9 Å². The summed E-state index contributed by atoms with van der Waals surface area (Å²) in [5.41, 5.74) is 0.603. The number of hydrogen-bond donors (Lipinski definition) is 0. The van der Waals surface area contributed by atoms with Gasteiger partial charge in [0.1, 0.15) is 12.4 Å². The molecule has 1 amide bonds. The Labute approximate surface area is 149 Å². The van der Waals surface area contributed by atoms with Gasteiger partial charge in [-0.05, 0) is 48.7 Å². The number of benzene rings is 1. The molecule has 0 unspecified atom stereocenters. The Balaban J connectivity index is 1.48. The monoisotopic (exact) mass is 379 g/mol. The van der Waals surface area contributed by atoms with Gasteiger partial charge in [0, 0.05) is 17.6 Å². The van der Waals surface area contributed by atoms with Crippen LogP contribution in [0, 0.1) is 5.82 Å². The lowest BCUT2D eigenvalue weighted by atomic mass is 10.2. The SMILES string of the molecule is O=C(Cn1nnc(-c2ccc(F)cc2)n1)N(C1CC1)[C@@H]1CCS(=O)(=O)C1. The maximum atomic E-state index is 13.0. The van der Waals surface area contributed by atoms with Crippen molar-refractivity contribution in [3.05, 3.63) is 30.1 Å². The van der Waals surface area contributed by atoms with Crippen molar-refractivity contribution in [2.75, 3.05) is 11.5 Å². The highest BCUT2D eigenvalue weighted by molar-refractivity contribution is 7.91. The van der Waals surface area contributed by atoms with Crippen molar-refractivity contribution in [3.8, 4) is 11.4 Å². The Hall–Kier alpha value is -2.36. The largest absolute Gasteiger partial charge is 0.334 e. The lowest BCUT2D eigenvalue weighted by molar-refractivity contribution is -0.134. The highest BCUT2D eigenvalue weighted by Crippen LogP contribution is 2.32. The first kappa shape index (κ1) is 17.1. The van der Waals surface area contributed by atoms with E-state index in [1.54, 1.807) is 17.0 Å². The lowest BCUT2D eigenvalue weighted by Crippen LogP contribution is -2.44. The molecule has 1 atom stereocenters. The summed E-state index contributed by atoms with van der Waals surface area (Å²) in [5, 5.41) is 12.0. The van der Waals surface area contributed by atoms with Crippen LogP contribution in [0.2, 0.25) is 0 Å². The van der Waals surface area contributed by atoms with Crippen LogP contribution >= 0.6 is 0 Å². The summed E-state index contributed by atoms with van der Waals surface area (Å²) < 4.78 is 36.5. The molecule has 1 aliphatic carbocycles. The molecule has 0 spiro atoms. The third-order valence-corrected chi connectivity index (χ3v) is 6.41. The van der Waals surface area contributed by atoms with E-state index < -0.39 is 9.84 Å². The molecule has 1 aromatic heterocycles. The topological polar surface area (TPSA) is 98.1 Å². The molecular formula is C16H18FN5O3S. The van der Waals surface area contributed by atoms with Gasteiger partial charge < -0.3 is 4.90 Å². The molecule has 8 nitrogen and oxygen atoms in total. The number of nitrogens with zero attached hydrogens (tertiary/aromatic N) is 5. The minimum atomic E-state index is -3.06. The highest BCUT2D eigenvalue weighted by atomic mass is 32.2. The van der Waals surface area contributed by atoms with Gasteiger partial charge in [-0.15, -0.1) is 10.2 Å². The molecule has 2 aliphatic rings. The first-order valence-corrected chi connectivity index (χ1v) is 10.3. The fourth-order valence-corrected chi connectivity index (χ4v) is 4.99. The third kappa shape index (κ3) is 3.59. The molecule has 1 aliphatic heterocycles. The summed E-state index contributed by atoms with van der Waals surface area (Å²) in [6, 6.07) is 5.53. The van der Waals surface area contributed by atoms with Crippen LogP contribution < -0.4 is 0 Å². The van der Waals surface area contributed by atoms with E-state index in [2.05, 4.69) is 15.4 Å². The van der Waals surface area contributed by atoms with Crippen LogP contribution in [0.4, 0.5) is 4.39 Å². The van der Waals surface area contributed by atoms with Crippen LogP contribution in [0.15, 0.2) is 24.3 Å². The summed E-state index contributed by atoms with van der Waals surface area (Å²) in [6.07, 6.45) is 2.28. The number of carbonyl (C=O) groups is 1. The van der Waals surface area contributed by atoms with E-state index in [9.17, 15) is 17.6 Å². The average molecular weight is 379 g/mol. The van der Waals surface area contributed by atoms with Crippen molar-refractivity contribution in [1.29, 1.82) is 0 Å². The molecule has 0 N–H and O–H groups in total. The molecule has 2 fully saturated rings. The number of amides is 1. The molecular weight excluding hydrogens is 361 g/mol. The second-order valence-corrected chi connectivity index (χ2v) is 8.97. The Morgan fingerprint density at radius 1 is 1.19 bits per heavy atom. The lowest BCUT2D eigenvalue weighted by Gasteiger charge is -2.28. The fraction of sp³-hybridized carbons (Fsp3) is 0.500. The van der Waals surface area contributed by atoms with Crippen LogP contribution in [-0.4, -0.2) is 63.0 Å². The molecule has 0 bridgehead atoms. The van der Waals surface area contributed by atoms with E-state index in [0.717, 1.165) is 12.8 Å². The summed E-state index contributed by atoms with van der Waals surface area (Å²) in [7, 11) is -3.06. The van der Waals surface area contributed by atoms with Gasteiger partial charge in [0.25, 0.3) is 0 Å². The Morgan fingerprint density at radius 2 is 1.92 bits per heavy atom. The number of aromatic nitrogens is 4. The van der Waals surface area contributed by atoms with E-state index in [-0.39, 0.29) is 41.9 Å². The van der Waals surface area contributed by atoms with Gasteiger partial charge in [0.05, 0.1) is 11.5 Å². The van der Waals surface area contributed by atoms with E-state index >= 15 is 0 Å². The van der Waals surface area contributed by atoms with Crippen LogP contribution in [-0.2, 0) is 21.2 Å². The number of rotatable bonds is 5. The van der Waals surface area contributed by atoms with Crippen molar-refractivity contribution in [1.82, 2.24) is 25.1 Å². The van der Waals surface area contributed by atoms with Gasteiger partial charge in [-0.3, -0.25) is 4.79 Å². The predicted octanol–water partition coefficient (Wildman–Crippen LogP) is 0.657. The molecule has 2 aromatic rings. The van der Waals surface area contributed by atoms with Gasteiger partial charge in [0.2, 0.25) is 11.7 Å². The van der Waals surface area contributed by atoms with Crippen molar-refractivity contribution < 1.29 is 17.6 Å². The fourth-order valence-electron chi connectivity index (χ4n) is 3.28. The third-order valence-electron chi connectivity index (χ3n) is 4.66. The predicted molar refractivity (Wildman–Crippen MR) is 90.1 cm³/mol. The normalized spacial score (nSPS) is 21.7. The van der Waals surface area contributed by atoms with E-state index in [1.165, 1.54) is 16.9 Å². The molecule has 1 saturated heterocycles. The summed E-state index contributed by atoms with van der Waals surface area (Å²) in [5.74, 6) is -0.0922. The number of sulfone groups is 1. The van der Waals surface area contributed by atoms with Crippen LogP contribution in [0.3, 0.4) is 0 Å². The van der Waals surface area contributed by atoms with E-state index in [0.29, 0.717) is 17.8 Å². The number of carbonyl (C=O) groups excluding carboxylic acids is 1. The van der Waals surface area contributed by atoms with Crippen LogP contribution in [0.25, 0.3) is 11.4 Å². The van der Waals surface area contributed by atoms with Gasteiger partial charge in [-0.1, -0.05) is 0 Å². The molecule has 1 saturated carbocycles. The highest BCUT2D eigenvalue weighted by Gasteiger charge is 2.42. The first-order chi connectivity index (χ1) is 12.4. The van der Waals surface area contributed by atoms with E-state index in [4.69, 9.17) is 0 Å². The number of halogens is 1. The van der Waals surface area contributed by atoms with Crippen molar-refractivity contribution in [3.63, 3.8) is 0 Å². The van der Waals surface area contributed by atoms with Crippen molar-refractivity contribution >= 4 is 15.7 Å². The second kappa shape index (κ2) is 6.42. The molecule has 26 heavy (non-hydrogen) atoms. The smallest absolute Gasteiger partial charge is 0.246 e. The molecule has 4 rings (SSSR count). The zero-order valence-electron chi connectivity index (χ0n) is 14.0. The minimum absolute atomic E-state index is 0.0286. The molecule has 0 radical (unpaired) electrons. The zero-order valence-corrected chi connectivity index (χ0v) is 14.8. The Morgan fingerprint density at radius 3 is 2.54 bits per heavy atom. The Kier molecular flexibility index (Phi) is 4.22. The maximum absolute atomic E-state index is 13.0. The zero-order chi connectivity index (χ0) is 18.3. The molecule has 2 heterocycles. The van der Waals surface area contributed by atoms with Crippen LogP contribution in [0.5, 0.6) is 0 Å². The number of hydrogen-bond acceptors (Lipinski definition) is 6. The quantitative estimate of drug-likeness (QED) is 0.757. The molecule has 138 valence electrons. The van der Waals surface area contributed by atoms with Gasteiger partial charge in [-0.25, -0.2) is 12.8 Å². The van der Waals surface area contributed by atoms with E-state index in [1.807, 2.05) is 0 Å². The second-order valence-electron chi connectivity index (χ2n) is 6.74. The van der Waals surface area contributed by atoms with Gasteiger partial charge in [-0.2, -0.15) is 4.80 Å². The van der Waals surface area contributed by atoms with Crippen LogP contribution in [0.1, 0.15) is 19.3 Å². The summed E-state index contributed by atoms with van der Waals surface area (Å²) in [6.45, 7) is -0.0960. The standard InChI is InChI=1S/C16H18FN5O3S/c17-12-3-1-11(2-4-12)16-18-20-21(19-16)9-15(23)22(13-5-6-13)14-7-8-26(24,25)10-14/h1-4,13-14H,5-10H2/t14-/m1/s1. The molecule has 1 aromatic carbocycles. The average Bonchev–Trinajstić information content (AvgIpc) is 3.20. The summed E-state index contributed by atoms with van der Waals surface area (Å²) in [4.78, 5) is 15.6. The maximum Gasteiger partial charge on any atom is 0.246 e. The first-order valence-electron chi connectivity index (χ1n) is 8.47. The summed E-state index contributed by atoms with van der Waals surface area (Å²) >= 11 is 0. The molecule has 10 heteroatoms. The van der Waals surface area contributed by atoms with Gasteiger partial charge in [0.15, 0.2) is 9.84 Å². The van der Waals surface area contributed by atoms with Gasteiger partial charge >= 0.3 is 0 Å². The Bertz CT molecular complexity index is 924. The number of tetrazole rings is 1. The minimum Gasteiger partial charge on any atom is -0.334 e. The van der Waals surface area contributed by atoms with Crippen molar-refractivity contribution in [2.24, 2.45) is 0 Å².